The lowest BCUT2D eigenvalue weighted by Gasteiger charge is -2.18. The summed E-state index contributed by atoms with van der Waals surface area (Å²) >= 11 is 0. The highest BCUT2D eigenvalue weighted by Crippen LogP contribution is 2.19. The van der Waals surface area contributed by atoms with E-state index in [-0.39, 0.29) is 11.9 Å². The van der Waals surface area contributed by atoms with Gasteiger partial charge in [-0.3, -0.25) is 4.79 Å². The number of benzene rings is 1. The van der Waals surface area contributed by atoms with Crippen LogP contribution in [0.15, 0.2) is 24.3 Å². The molecular formula is C13H20N2O2. The first kappa shape index (κ1) is 13.7. The van der Waals surface area contributed by atoms with Crippen LogP contribution in [0.4, 0.5) is 5.69 Å². The van der Waals surface area contributed by atoms with E-state index in [2.05, 4.69) is 10.6 Å². The highest BCUT2D eigenvalue weighted by molar-refractivity contribution is 5.90. The van der Waals surface area contributed by atoms with Gasteiger partial charge in [0.15, 0.2) is 0 Å². The van der Waals surface area contributed by atoms with Gasteiger partial charge in [-0.2, -0.15) is 0 Å². The van der Waals surface area contributed by atoms with E-state index in [0.717, 1.165) is 11.3 Å². The summed E-state index contributed by atoms with van der Waals surface area (Å²) in [5.74, 6) is -0.0121. The minimum atomic E-state index is -0.545. The zero-order chi connectivity index (χ0) is 12.8. The molecule has 0 fully saturated rings. The lowest BCUT2D eigenvalue weighted by Crippen LogP contribution is -2.28. The zero-order valence-corrected chi connectivity index (χ0v) is 10.5. The number of carbonyl (C=O) groups excluding carboxylic acids is 1. The first-order valence-electron chi connectivity index (χ1n) is 5.83. The molecule has 94 valence electrons. The van der Waals surface area contributed by atoms with Gasteiger partial charge in [0.05, 0.1) is 6.10 Å². The molecule has 0 aliphatic rings. The van der Waals surface area contributed by atoms with Crippen LogP contribution in [0, 0.1) is 0 Å². The summed E-state index contributed by atoms with van der Waals surface area (Å²) in [4.78, 5) is 11.2. The number of likely N-dealkylation sites (N-methyl/N-ethyl adjacent to an activating group) is 1. The maximum Gasteiger partial charge on any atom is 0.224 e. The normalized spacial score (nSPS) is 14.1. The molecule has 1 aromatic rings. The lowest BCUT2D eigenvalue weighted by atomic mass is 10.0. The van der Waals surface area contributed by atoms with Gasteiger partial charge >= 0.3 is 0 Å². The topological polar surface area (TPSA) is 61.4 Å². The third-order valence-electron chi connectivity index (χ3n) is 2.79. The summed E-state index contributed by atoms with van der Waals surface area (Å²) in [6, 6.07) is 7.24. The van der Waals surface area contributed by atoms with Crippen LogP contribution in [-0.2, 0) is 4.79 Å². The van der Waals surface area contributed by atoms with Crippen molar-refractivity contribution in [1.29, 1.82) is 0 Å². The average Bonchev–Trinajstić information content (AvgIpc) is 2.37. The number of anilines is 1. The van der Waals surface area contributed by atoms with Crippen molar-refractivity contribution in [2.75, 3.05) is 12.4 Å². The molecule has 0 spiro atoms. The Labute approximate surface area is 102 Å². The second kappa shape index (κ2) is 6.37. The summed E-state index contributed by atoms with van der Waals surface area (Å²) in [5.41, 5.74) is 1.59. The van der Waals surface area contributed by atoms with Crippen molar-refractivity contribution in [1.82, 2.24) is 5.32 Å². The van der Waals surface area contributed by atoms with Crippen molar-refractivity contribution in [3.8, 4) is 0 Å². The van der Waals surface area contributed by atoms with Crippen molar-refractivity contribution in [3.63, 3.8) is 0 Å². The number of hydrogen-bond acceptors (Lipinski definition) is 3. The van der Waals surface area contributed by atoms with Crippen LogP contribution in [0.3, 0.4) is 0 Å². The van der Waals surface area contributed by atoms with Gasteiger partial charge in [-0.1, -0.05) is 19.1 Å². The number of carbonyl (C=O) groups is 1. The zero-order valence-electron chi connectivity index (χ0n) is 10.5. The van der Waals surface area contributed by atoms with Crippen LogP contribution in [0.5, 0.6) is 0 Å². The molecule has 0 aliphatic carbocycles. The van der Waals surface area contributed by atoms with E-state index in [1.54, 1.807) is 12.1 Å². The fourth-order valence-electron chi connectivity index (χ4n) is 1.46. The van der Waals surface area contributed by atoms with Crippen LogP contribution in [0.1, 0.15) is 31.9 Å². The molecule has 1 amide bonds. The Bertz CT molecular complexity index is 362. The Morgan fingerprint density at radius 3 is 2.41 bits per heavy atom. The molecule has 0 aliphatic heterocycles. The summed E-state index contributed by atoms with van der Waals surface area (Å²) in [6.45, 7) is 3.72. The van der Waals surface area contributed by atoms with Crippen LogP contribution in [0.25, 0.3) is 0 Å². The van der Waals surface area contributed by atoms with Crippen LogP contribution in [0.2, 0.25) is 0 Å². The molecule has 2 unspecified atom stereocenters. The minimum Gasteiger partial charge on any atom is -0.387 e. The summed E-state index contributed by atoms with van der Waals surface area (Å²) in [7, 11) is 1.81. The van der Waals surface area contributed by atoms with Crippen LogP contribution < -0.4 is 10.6 Å². The van der Waals surface area contributed by atoms with E-state index in [0.29, 0.717) is 6.42 Å². The lowest BCUT2D eigenvalue weighted by molar-refractivity contribution is -0.115. The monoisotopic (exact) mass is 236 g/mol. The molecule has 0 bridgehead atoms. The second-order valence-electron chi connectivity index (χ2n) is 4.05. The van der Waals surface area contributed by atoms with E-state index in [4.69, 9.17) is 0 Å². The largest absolute Gasteiger partial charge is 0.387 e. The van der Waals surface area contributed by atoms with Gasteiger partial charge in [0, 0.05) is 18.2 Å². The van der Waals surface area contributed by atoms with Gasteiger partial charge in [0.1, 0.15) is 0 Å². The first-order valence-corrected chi connectivity index (χ1v) is 5.83. The molecule has 17 heavy (non-hydrogen) atoms. The maximum atomic E-state index is 11.2. The Morgan fingerprint density at radius 1 is 1.35 bits per heavy atom. The highest BCUT2D eigenvalue weighted by atomic mass is 16.3. The Morgan fingerprint density at radius 2 is 1.94 bits per heavy atom. The van der Waals surface area contributed by atoms with Gasteiger partial charge in [-0.05, 0) is 31.7 Å². The van der Waals surface area contributed by atoms with Crippen LogP contribution >= 0.6 is 0 Å². The van der Waals surface area contributed by atoms with Crippen LogP contribution in [-0.4, -0.2) is 24.1 Å². The number of aliphatic hydroxyl groups is 1. The minimum absolute atomic E-state index is 0.00826. The maximum absolute atomic E-state index is 11.2. The fraction of sp³-hybridized carbons (Fsp3) is 0.462. The molecule has 4 nitrogen and oxygen atoms in total. The molecule has 4 heteroatoms. The van der Waals surface area contributed by atoms with E-state index in [1.807, 2.05) is 33.0 Å². The molecular weight excluding hydrogens is 216 g/mol. The third-order valence-corrected chi connectivity index (χ3v) is 2.79. The van der Waals surface area contributed by atoms with Crippen molar-refractivity contribution in [2.45, 2.75) is 32.4 Å². The predicted molar refractivity (Wildman–Crippen MR) is 68.8 cm³/mol. The molecule has 0 heterocycles. The Balaban J connectivity index is 2.70. The molecule has 0 saturated carbocycles. The quantitative estimate of drug-likeness (QED) is 0.729. The second-order valence-corrected chi connectivity index (χ2v) is 4.05. The average molecular weight is 236 g/mol. The van der Waals surface area contributed by atoms with Crippen molar-refractivity contribution in [3.05, 3.63) is 29.8 Å². The number of nitrogens with one attached hydrogen (secondary N) is 2. The highest BCUT2D eigenvalue weighted by Gasteiger charge is 2.14. The SMILES string of the molecule is CCC(=O)Nc1ccc(C(O)C(C)NC)cc1. The molecule has 1 aromatic carbocycles. The van der Waals surface area contributed by atoms with Crippen molar-refractivity contribution >= 4 is 11.6 Å². The summed E-state index contributed by atoms with van der Waals surface area (Å²) in [5, 5.41) is 15.7. The van der Waals surface area contributed by atoms with Gasteiger partial charge in [-0.25, -0.2) is 0 Å². The fourth-order valence-corrected chi connectivity index (χ4v) is 1.46. The summed E-state index contributed by atoms with van der Waals surface area (Å²) in [6.07, 6.45) is -0.0859. The number of rotatable bonds is 5. The molecule has 2 atom stereocenters. The Kier molecular flexibility index (Phi) is 5.12. The molecule has 0 saturated heterocycles. The first-order chi connectivity index (χ1) is 8.08. The van der Waals surface area contributed by atoms with Gasteiger partial charge in [0.2, 0.25) is 5.91 Å². The van der Waals surface area contributed by atoms with Crippen molar-refractivity contribution < 1.29 is 9.90 Å². The van der Waals surface area contributed by atoms with E-state index >= 15 is 0 Å². The predicted octanol–water partition coefficient (Wildman–Crippen LogP) is 1.68. The van der Waals surface area contributed by atoms with Gasteiger partial charge in [-0.15, -0.1) is 0 Å². The van der Waals surface area contributed by atoms with Crippen molar-refractivity contribution in [2.24, 2.45) is 0 Å². The number of aliphatic hydroxyl groups excluding tert-OH is 1. The van der Waals surface area contributed by atoms with Gasteiger partial charge in [0.25, 0.3) is 0 Å². The molecule has 0 radical (unpaired) electrons. The molecule has 1 rings (SSSR count). The number of amides is 1. The smallest absolute Gasteiger partial charge is 0.224 e. The standard InChI is InChI=1S/C13H20N2O2/c1-4-12(16)15-11-7-5-10(6-8-11)13(17)9(2)14-3/h5-9,13-14,17H,4H2,1-3H3,(H,15,16). The Hall–Kier alpha value is -1.39. The van der Waals surface area contributed by atoms with E-state index in [1.165, 1.54) is 0 Å². The number of hydrogen-bond donors (Lipinski definition) is 3. The third kappa shape index (κ3) is 3.84. The van der Waals surface area contributed by atoms with E-state index < -0.39 is 6.10 Å². The van der Waals surface area contributed by atoms with E-state index in [9.17, 15) is 9.90 Å². The summed E-state index contributed by atoms with van der Waals surface area (Å²) < 4.78 is 0. The van der Waals surface area contributed by atoms with Gasteiger partial charge < -0.3 is 15.7 Å². The molecule has 3 N–H and O–H groups in total. The molecule has 0 aromatic heterocycles.